The van der Waals surface area contributed by atoms with Crippen molar-refractivity contribution in [3.05, 3.63) is 29.8 Å². The van der Waals surface area contributed by atoms with Gasteiger partial charge in [-0.05, 0) is 56.5 Å². The van der Waals surface area contributed by atoms with Gasteiger partial charge in [0, 0.05) is 25.4 Å². The average Bonchev–Trinajstić information content (AvgIpc) is 2.49. The second-order valence-corrected chi connectivity index (χ2v) is 5.18. The zero-order valence-electron chi connectivity index (χ0n) is 13.1. The molecule has 2 N–H and O–H groups in total. The van der Waals surface area contributed by atoms with Crippen LogP contribution in [0.2, 0.25) is 0 Å². The molecule has 0 aliphatic rings. The van der Waals surface area contributed by atoms with Gasteiger partial charge < -0.3 is 15.3 Å². The van der Waals surface area contributed by atoms with Gasteiger partial charge >= 0.3 is 0 Å². The molecule has 0 amide bonds. The minimum Gasteiger partial charge on any atom is -0.396 e. The van der Waals surface area contributed by atoms with Crippen molar-refractivity contribution in [2.45, 2.75) is 39.5 Å². The zero-order valence-corrected chi connectivity index (χ0v) is 13.1. The average molecular weight is 278 g/mol. The maximum Gasteiger partial charge on any atom is 0.0431 e. The van der Waals surface area contributed by atoms with Crippen LogP contribution in [0.3, 0.4) is 0 Å². The van der Waals surface area contributed by atoms with Crippen molar-refractivity contribution in [2.24, 2.45) is 0 Å². The van der Waals surface area contributed by atoms with Crippen LogP contribution in [0.4, 0.5) is 5.69 Å². The molecular weight excluding hydrogens is 248 g/mol. The lowest BCUT2D eigenvalue weighted by molar-refractivity contribution is 0.283. The Balaban J connectivity index is 2.25. The highest BCUT2D eigenvalue weighted by Gasteiger charge is 2.00. The Morgan fingerprint density at radius 2 is 1.70 bits per heavy atom. The number of aliphatic hydroxyl groups excluding tert-OH is 1. The molecule has 114 valence electrons. The van der Waals surface area contributed by atoms with Crippen LogP contribution in [0, 0.1) is 0 Å². The van der Waals surface area contributed by atoms with Gasteiger partial charge in [0.2, 0.25) is 0 Å². The quantitative estimate of drug-likeness (QED) is 0.610. The first kappa shape index (κ1) is 17.0. The van der Waals surface area contributed by atoms with Gasteiger partial charge in [-0.25, -0.2) is 0 Å². The van der Waals surface area contributed by atoms with Crippen LogP contribution in [0.1, 0.15) is 38.7 Å². The van der Waals surface area contributed by atoms with Crippen molar-refractivity contribution in [3.8, 4) is 0 Å². The lowest BCUT2D eigenvalue weighted by Crippen LogP contribution is -2.25. The summed E-state index contributed by atoms with van der Waals surface area (Å²) in [6.07, 6.45) is 4.24. The van der Waals surface area contributed by atoms with Gasteiger partial charge in [0.25, 0.3) is 0 Å². The molecule has 0 heterocycles. The van der Waals surface area contributed by atoms with E-state index in [2.05, 4.69) is 48.3 Å². The molecule has 3 nitrogen and oxygen atoms in total. The lowest BCUT2D eigenvalue weighted by Gasteiger charge is -2.17. The Morgan fingerprint density at radius 3 is 2.30 bits per heavy atom. The fraction of sp³-hybridized carbons (Fsp3) is 0.647. The van der Waals surface area contributed by atoms with E-state index >= 15 is 0 Å². The molecule has 0 aliphatic heterocycles. The van der Waals surface area contributed by atoms with E-state index in [1.54, 1.807) is 0 Å². The minimum absolute atomic E-state index is 0.307. The summed E-state index contributed by atoms with van der Waals surface area (Å²) in [7, 11) is 0. The molecule has 1 aromatic carbocycles. The number of nitrogens with zero attached hydrogens (tertiary/aromatic N) is 1. The van der Waals surface area contributed by atoms with Gasteiger partial charge in [-0.1, -0.05) is 26.0 Å². The van der Waals surface area contributed by atoms with Crippen LogP contribution in [0.25, 0.3) is 0 Å². The normalized spacial score (nSPS) is 11.0. The summed E-state index contributed by atoms with van der Waals surface area (Å²) in [6.45, 7) is 9.12. The molecule has 3 heteroatoms. The number of aliphatic hydroxyl groups is 1. The van der Waals surface area contributed by atoms with Gasteiger partial charge in [0.05, 0.1) is 0 Å². The number of anilines is 1. The molecule has 0 fully saturated rings. The lowest BCUT2D eigenvalue weighted by atomic mass is 10.1. The summed E-state index contributed by atoms with van der Waals surface area (Å²) >= 11 is 0. The number of hydrogen-bond acceptors (Lipinski definition) is 3. The molecule has 1 aromatic rings. The summed E-state index contributed by atoms with van der Waals surface area (Å²) < 4.78 is 0. The van der Waals surface area contributed by atoms with Crippen molar-refractivity contribution < 1.29 is 5.11 Å². The zero-order chi connectivity index (χ0) is 14.6. The number of unbranched alkanes of at least 4 members (excludes halogenated alkanes) is 2. The molecule has 0 spiro atoms. The second kappa shape index (κ2) is 10.7. The summed E-state index contributed by atoms with van der Waals surface area (Å²) in [6, 6.07) is 8.78. The van der Waals surface area contributed by atoms with Crippen LogP contribution in [0.15, 0.2) is 24.3 Å². The van der Waals surface area contributed by atoms with Crippen molar-refractivity contribution in [3.63, 3.8) is 0 Å². The van der Waals surface area contributed by atoms with E-state index < -0.39 is 0 Å². The third-order valence-corrected chi connectivity index (χ3v) is 3.73. The first-order chi connectivity index (χ1) is 9.80. The molecule has 0 radical (unpaired) electrons. The number of hydrogen-bond donors (Lipinski definition) is 2. The Labute approximate surface area is 124 Å². The van der Waals surface area contributed by atoms with E-state index in [1.165, 1.54) is 11.3 Å². The monoisotopic (exact) mass is 278 g/mol. The minimum atomic E-state index is 0.307. The third kappa shape index (κ3) is 6.92. The highest BCUT2D eigenvalue weighted by atomic mass is 16.2. The van der Waals surface area contributed by atoms with E-state index in [0.717, 1.165) is 51.9 Å². The Morgan fingerprint density at radius 1 is 1.00 bits per heavy atom. The van der Waals surface area contributed by atoms with E-state index in [0.29, 0.717) is 6.61 Å². The highest BCUT2D eigenvalue weighted by molar-refractivity contribution is 5.44. The first-order valence-electron chi connectivity index (χ1n) is 7.96. The van der Waals surface area contributed by atoms with Gasteiger partial charge in [-0.2, -0.15) is 0 Å². The summed E-state index contributed by atoms with van der Waals surface area (Å²) in [5.74, 6) is 0. The number of likely N-dealkylation sites (N-methyl/N-ethyl adjacent to an activating group) is 1. The molecule has 0 aliphatic carbocycles. The molecular formula is C17H30N2O. The molecule has 0 atom stereocenters. The largest absolute Gasteiger partial charge is 0.396 e. The van der Waals surface area contributed by atoms with Gasteiger partial charge in [0.1, 0.15) is 0 Å². The molecule has 0 unspecified atom stereocenters. The highest BCUT2D eigenvalue weighted by Crippen LogP contribution is 2.11. The fourth-order valence-corrected chi connectivity index (χ4v) is 2.26. The molecule has 20 heavy (non-hydrogen) atoms. The predicted octanol–water partition coefficient (Wildman–Crippen LogP) is 3.15. The summed E-state index contributed by atoms with van der Waals surface area (Å²) in [4.78, 5) is 2.45. The third-order valence-electron chi connectivity index (χ3n) is 3.73. The molecule has 0 aromatic heterocycles. The van der Waals surface area contributed by atoms with Crippen LogP contribution >= 0.6 is 0 Å². The maximum absolute atomic E-state index is 8.71. The van der Waals surface area contributed by atoms with E-state index in [-0.39, 0.29) is 0 Å². The van der Waals surface area contributed by atoms with Crippen LogP contribution < -0.4 is 5.32 Å². The fourth-order valence-electron chi connectivity index (χ4n) is 2.26. The molecule has 1 rings (SSSR count). The topological polar surface area (TPSA) is 35.5 Å². The molecule has 0 saturated heterocycles. The number of rotatable bonds is 11. The second-order valence-electron chi connectivity index (χ2n) is 5.18. The predicted molar refractivity (Wildman–Crippen MR) is 87.4 cm³/mol. The van der Waals surface area contributed by atoms with E-state index in [1.807, 2.05) is 0 Å². The van der Waals surface area contributed by atoms with Crippen LogP contribution in [-0.2, 0) is 6.42 Å². The Hall–Kier alpha value is -1.06. The van der Waals surface area contributed by atoms with Gasteiger partial charge in [0.15, 0.2) is 0 Å². The summed E-state index contributed by atoms with van der Waals surface area (Å²) in [5, 5.41) is 12.1. The molecule has 0 saturated carbocycles. The smallest absolute Gasteiger partial charge is 0.0431 e. The van der Waals surface area contributed by atoms with Crippen molar-refractivity contribution in [1.29, 1.82) is 0 Å². The number of nitrogens with one attached hydrogen (secondary N) is 1. The standard InChI is InChI=1S/C17H30N2O/c1-3-19(4-2)14-12-16-8-10-17(11-9-16)18-13-6-5-7-15-20/h8-11,18,20H,3-7,12-15H2,1-2H3. The first-order valence-corrected chi connectivity index (χ1v) is 7.96. The van der Waals surface area contributed by atoms with Crippen LogP contribution in [0.5, 0.6) is 0 Å². The van der Waals surface area contributed by atoms with E-state index in [4.69, 9.17) is 5.11 Å². The Kier molecular flexibility index (Phi) is 9.09. The van der Waals surface area contributed by atoms with Crippen molar-refractivity contribution >= 4 is 5.69 Å². The van der Waals surface area contributed by atoms with Crippen molar-refractivity contribution in [2.75, 3.05) is 38.1 Å². The SMILES string of the molecule is CCN(CC)CCc1ccc(NCCCCCO)cc1. The van der Waals surface area contributed by atoms with Gasteiger partial charge in [-0.3, -0.25) is 0 Å². The van der Waals surface area contributed by atoms with Crippen LogP contribution in [-0.4, -0.2) is 42.8 Å². The Bertz CT molecular complexity index is 333. The maximum atomic E-state index is 8.71. The number of benzene rings is 1. The molecule has 0 bridgehead atoms. The van der Waals surface area contributed by atoms with E-state index in [9.17, 15) is 0 Å². The van der Waals surface area contributed by atoms with Gasteiger partial charge in [-0.15, -0.1) is 0 Å². The summed E-state index contributed by atoms with van der Waals surface area (Å²) in [5.41, 5.74) is 2.60. The van der Waals surface area contributed by atoms with Crippen molar-refractivity contribution in [1.82, 2.24) is 4.90 Å².